The van der Waals surface area contributed by atoms with Gasteiger partial charge in [0.15, 0.2) is 5.78 Å². The Labute approximate surface area is 62.3 Å². The first-order chi connectivity index (χ1) is 3.72. The lowest BCUT2D eigenvalue weighted by Crippen LogP contribution is -1.86. The molecule has 1 nitrogen and oxygen atoms in total. The molecule has 1 aliphatic rings. The summed E-state index contributed by atoms with van der Waals surface area (Å²) in [7, 11) is 0. The highest BCUT2D eigenvalue weighted by Gasteiger charge is 2.16. The number of carbonyl (C=O) groups is 1. The Morgan fingerprint density at radius 1 is 1.50 bits per heavy atom. The summed E-state index contributed by atoms with van der Waals surface area (Å²) in [5.41, 5.74) is 0.760. The first-order valence-corrected chi connectivity index (χ1v) is 3.47. The SMILES string of the molecule is [CH]C1=C(I)C(=O)CC1. The van der Waals surface area contributed by atoms with Crippen molar-refractivity contribution in [2.75, 3.05) is 0 Å². The van der Waals surface area contributed by atoms with Gasteiger partial charge in [0, 0.05) is 6.42 Å². The summed E-state index contributed by atoms with van der Waals surface area (Å²) in [6.45, 7) is 5.42. The van der Waals surface area contributed by atoms with Crippen molar-refractivity contribution < 1.29 is 4.79 Å². The fraction of sp³-hybridized carbons (Fsp3) is 0.333. The van der Waals surface area contributed by atoms with E-state index in [-0.39, 0.29) is 5.78 Å². The van der Waals surface area contributed by atoms with Crippen LogP contribution in [0.1, 0.15) is 12.8 Å². The number of carbonyl (C=O) groups excluding carboxylic acids is 1. The van der Waals surface area contributed by atoms with Crippen LogP contribution in [-0.2, 0) is 4.79 Å². The lowest BCUT2D eigenvalue weighted by Gasteiger charge is -1.83. The zero-order valence-corrected chi connectivity index (χ0v) is 6.44. The molecule has 0 aromatic heterocycles. The average molecular weight is 220 g/mol. The number of halogens is 1. The van der Waals surface area contributed by atoms with E-state index in [9.17, 15) is 4.79 Å². The van der Waals surface area contributed by atoms with Gasteiger partial charge in [-0.25, -0.2) is 0 Å². The molecule has 0 atom stereocenters. The molecule has 8 heavy (non-hydrogen) atoms. The van der Waals surface area contributed by atoms with Crippen LogP contribution in [0.5, 0.6) is 0 Å². The van der Waals surface area contributed by atoms with Crippen LogP contribution in [0.4, 0.5) is 0 Å². The molecule has 0 aromatic carbocycles. The molecule has 0 aromatic rings. The number of Topliss-reactive ketones (excluding diaryl/α,β-unsaturated/α-hetero) is 1. The molecule has 0 spiro atoms. The topological polar surface area (TPSA) is 17.1 Å². The minimum atomic E-state index is 0.197. The lowest BCUT2D eigenvalue weighted by atomic mass is 10.3. The summed E-state index contributed by atoms with van der Waals surface area (Å²) in [4.78, 5) is 10.6. The van der Waals surface area contributed by atoms with Crippen LogP contribution in [-0.4, -0.2) is 5.78 Å². The van der Waals surface area contributed by atoms with Crippen LogP contribution in [0, 0.1) is 6.92 Å². The molecular weight excluding hydrogens is 215 g/mol. The predicted molar refractivity (Wildman–Crippen MR) is 39.6 cm³/mol. The smallest absolute Gasteiger partial charge is 0.169 e. The van der Waals surface area contributed by atoms with Crippen molar-refractivity contribution in [3.8, 4) is 0 Å². The normalized spacial score (nSPS) is 20.5. The van der Waals surface area contributed by atoms with Crippen LogP contribution in [0.3, 0.4) is 0 Å². The van der Waals surface area contributed by atoms with Crippen LogP contribution in [0.15, 0.2) is 9.15 Å². The molecule has 0 aliphatic heterocycles. The molecule has 2 heteroatoms. The average Bonchev–Trinajstić information content (AvgIpc) is 1.98. The number of hydrogen-bond donors (Lipinski definition) is 0. The van der Waals surface area contributed by atoms with E-state index in [0.717, 1.165) is 15.6 Å². The van der Waals surface area contributed by atoms with Crippen molar-refractivity contribution >= 4 is 28.4 Å². The van der Waals surface area contributed by atoms with E-state index in [1.54, 1.807) is 0 Å². The second-order valence-electron chi connectivity index (χ2n) is 1.76. The van der Waals surface area contributed by atoms with Gasteiger partial charge in [0.2, 0.25) is 0 Å². The summed E-state index contributed by atoms with van der Waals surface area (Å²) in [5, 5.41) is 0. The van der Waals surface area contributed by atoms with Crippen LogP contribution in [0.2, 0.25) is 0 Å². The number of hydrogen-bond acceptors (Lipinski definition) is 1. The highest BCUT2D eigenvalue weighted by Crippen LogP contribution is 2.26. The molecule has 2 radical (unpaired) electrons. The van der Waals surface area contributed by atoms with Gasteiger partial charge in [-0.1, -0.05) is 0 Å². The molecule has 0 amide bonds. The highest BCUT2D eigenvalue weighted by molar-refractivity contribution is 14.1. The van der Waals surface area contributed by atoms with Gasteiger partial charge in [-0.3, -0.25) is 4.79 Å². The van der Waals surface area contributed by atoms with Crippen molar-refractivity contribution in [2.45, 2.75) is 12.8 Å². The van der Waals surface area contributed by atoms with E-state index in [1.807, 2.05) is 22.6 Å². The van der Waals surface area contributed by atoms with Gasteiger partial charge in [0.05, 0.1) is 3.58 Å². The zero-order valence-electron chi connectivity index (χ0n) is 4.28. The Kier molecular flexibility index (Phi) is 1.70. The summed E-state index contributed by atoms with van der Waals surface area (Å²) in [6.07, 6.45) is 1.38. The van der Waals surface area contributed by atoms with Crippen molar-refractivity contribution in [2.24, 2.45) is 0 Å². The summed E-state index contributed by atoms with van der Waals surface area (Å²) < 4.78 is 0.739. The van der Waals surface area contributed by atoms with Crippen molar-refractivity contribution in [3.05, 3.63) is 16.1 Å². The second-order valence-corrected chi connectivity index (χ2v) is 2.84. The number of ketones is 1. The third-order valence-corrected chi connectivity index (χ3v) is 2.44. The quantitative estimate of drug-likeness (QED) is 0.568. The molecule has 1 rings (SSSR count). The van der Waals surface area contributed by atoms with Crippen molar-refractivity contribution in [1.29, 1.82) is 0 Å². The van der Waals surface area contributed by atoms with Gasteiger partial charge in [-0.2, -0.15) is 0 Å². The van der Waals surface area contributed by atoms with Gasteiger partial charge in [-0.15, -0.1) is 0 Å². The number of rotatable bonds is 0. The largest absolute Gasteiger partial charge is 0.294 e. The summed E-state index contributed by atoms with van der Waals surface area (Å²) in [6, 6.07) is 0. The van der Waals surface area contributed by atoms with Gasteiger partial charge < -0.3 is 0 Å². The number of allylic oxidation sites excluding steroid dienone is 2. The minimum absolute atomic E-state index is 0.197. The van der Waals surface area contributed by atoms with E-state index >= 15 is 0 Å². The van der Waals surface area contributed by atoms with E-state index in [0.29, 0.717) is 6.42 Å². The second kappa shape index (κ2) is 2.17. The van der Waals surface area contributed by atoms with E-state index in [2.05, 4.69) is 0 Å². The first-order valence-electron chi connectivity index (χ1n) is 2.39. The maximum Gasteiger partial charge on any atom is 0.169 e. The molecule has 0 saturated carbocycles. The zero-order chi connectivity index (χ0) is 6.15. The Morgan fingerprint density at radius 3 is 2.25 bits per heavy atom. The maximum atomic E-state index is 10.6. The first kappa shape index (κ1) is 6.26. The molecule has 0 bridgehead atoms. The monoisotopic (exact) mass is 220 g/mol. The van der Waals surface area contributed by atoms with E-state index < -0.39 is 0 Å². The molecule has 1 aliphatic carbocycles. The van der Waals surface area contributed by atoms with Gasteiger partial charge in [-0.05, 0) is 41.5 Å². The van der Waals surface area contributed by atoms with Crippen LogP contribution >= 0.6 is 22.6 Å². The maximum absolute atomic E-state index is 10.6. The molecule has 0 unspecified atom stereocenters. The summed E-state index contributed by atoms with van der Waals surface area (Å²) >= 11 is 1.99. The third kappa shape index (κ3) is 0.940. The Morgan fingerprint density at radius 2 is 2.12 bits per heavy atom. The molecule has 0 fully saturated rings. The van der Waals surface area contributed by atoms with Crippen molar-refractivity contribution in [1.82, 2.24) is 0 Å². The molecule has 0 N–H and O–H groups in total. The standard InChI is InChI=1S/C6H5IO/c1-4-2-3-5(8)6(4)7/h1H,2-3H2. The fourth-order valence-corrected chi connectivity index (χ4v) is 1.19. The van der Waals surface area contributed by atoms with Gasteiger partial charge >= 0.3 is 0 Å². The minimum Gasteiger partial charge on any atom is -0.294 e. The molecular formula is C6H5IO. The lowest BCUT2D eigenvalue weighted by molar-refractivity contribution is -0.114. The Hall–Kier alpha value is 0.140. The van der Waals surface area contributed by atoms with Gasteiger partial charge in [0.25, 0.3) is 0 Å². The van der Waals surface area contributed by atoms with Crippen LogP contribution in [0.25, 0.3) is 0 Å². The fourth-order valence-electron chi connectivity index (χ4n) is 0.647. The predicted octanol–water partition coefficient (Wildman–Crippen LogP) is 1.75. The third-order valence-electron chi connectivity index (χ3n) is 1.15. The van der Waals surface area contributed by atoms with Crippen LogP contribution < -0.4 is 0 Å². The summed E-state index contributed by atoms with van der Waals surface area (Å²) in [5.74, 6) is 0.197. The Bertz CT molecular complexity index is 158. The van der Waals surface area contributed by atoms with Gasteiger partial charge in [0.1, 0.15) is 0 Å². The highest BCUT2D eigenvalue weighted by atomic mass is 127. The van der Waals surface area contributed by atoms with E-state index in [4.69, 9.17) is 6.92 Å². The van der Waals surface area contributed by atoms with Crippen molar-refractivity contribution in [3.63, 3.8) is 0 Å². The molecule has 0 heterocycles. The molecule has 0 saturated heterocycles. The Balaban J connectivity index is 2.86. The van der Waals surface area contributed by atoms with E-state index in [1.165, 1.54) is 0 Å². The molecule has 42 valence electrons.